The summed E-state index contributed by atoms with van der Waals surface area (Å²) >= 11 is 6.02. The number of carbonyl (C=O) groups is 1. The van der Waals surface area contributed by atoms with Gasteiger partial charge in [0.15, 0.2) is 0 Å². The van der Waals surface area contributed by atoms with E-state index in [4.69, 9.17) is 11.6 Å². The number of hydrogen-bond donors (Lipinski definition) is 0. The molecule has 2 fully saturated rings. The summed E-state index contributed by atoms with van der Waals surface area (Å²) < 4.78 is 27.3. The highest BCUT2D eigenvalue weighted by molar-refractivity contribution is 7.89. The second kappa shape index (κ2) is 9.49. The lowest BCUT2D eigenvalue weighted by atomic mass is 9.96. The summed E-state index contributed by atoms with van der Waals surface area (Å²) in [6.45, 7) is 5.58. The van der Waals surface area contributed by atoms with E-state index >= 15 is 0 Å². The lowest BCUT2D eigenvalue weighted by molar-refractivity contribution is -0.138. The van der Waals surface area contributed by atoms with E-state index in [9.17, 15) is 13.2 Å². The molecule has 4 rings (SSSR count). The van der Waals surface area contributed by atoms with E-state index < -0.39 is 10.0 Å². The fraction of sp³-hybridized carbons (Fsp3) is 0.500. The Morgan fingerprint density at radius 1 is 1.12 bits per heavy atom. The van der Waals surface area contributed by atoms with Crippen LogP contribution >= 0.6 is 11.6 Å². The Balaban J connectivity index is 1.41. The van der Waals surface area contributed by atoms with Gasteiger partial charge in [-0.1, -0.05) is 49.7 Å². The third-order valence-corrected chi connectivity index (χ3v) is 8.76. The summed E-state index contributed by atoms with van der Waals surface area (Å²) in [5.74, 6) is 0.478. The van der Waals surface area contributed by atoms with Crippen LogP contribution < -0.4 is 0 Å². The monoisotopic (exact) mass is 475 g/mol. The summed E-state index contributed by atoms with van der Waals surface area (Å²) in [6.07, 6.45) is 4.59. The zero-order valence-electron chi connectivity index (χ0n) is 18.6. The topological polar surface area (TPSA) is 70.6 Å². The van der Waals surface area contributed by atoms with Crippen LogP contribution in [0.5, 0.6) is 0 Å². The zero-order chi connectivity index (χ0) is 22.9. The van der Waals surface area contributed by atoms with E-state index in [-0.39, 0.29) is 21.9 Å². The molecule has 172 valence electrons. The Morgan fingerprint density at radius 3 is 2.34 bits per heavy atom. The van der Waals surface area contributed by atoms with Gasteiger partial charge in [0.05, 0.1) is 0 Å². The van der Waals surface area contributed by atoms with Gasteiger partial charge in [-0.05, 0) is 54.9 Å². The fourth-order valence-electron chi connectivity index (χ4n) is 4.26. The first-order chi connectivity index (χ1) is 15.3. The first-order valence-corrected chi connectivity index (χ1v) is 13.1. The number of sulfonamides is 1. The molecule has 0 N–H and O–H groups in total. The number of pyridine rings is 1. The minimum atomic E-state index is -3.71. The van der Waals surface area contributed by atoms with E-state index in [1.807, 2.05) is 4.90 Å². The molecule has 1 saturated carbocycles. The van der Waals surface area contributed by atoms with Crippen molar-refractivity contribution in [1.82, 2.24) is 14.2 Å². The van der Waals surface area contributed by atoms with Crippen LogP contribution in [0.1, 0.15) is 56.6 Å². The number of halogens is 1. The van der Waals surface area contributed by atoms with Crippen molar-refractivity contribution in [3.63, 3.8) is 0 Å². The number of benzene rings is 1. The third kappa shape index (κ3) is 5.00. The van der Waals surface area contributed by atoms with Crippen LogP contribution in [0.25, 0.3) is 0 Å². The Morgan fingerprint density at radius 2 is 1.78 bits per heavy atom. The van der Waals surface area contributed by atoms with Crippen molar-refractivity contribution in [3.05, 3.63) is 58.9 Å². The van der Waals surface area contributed by atoms with Crippen molar-refractivity contribution in [2.24, 2.45) is 5.92 Å². The van der Waals surface area contributed by atoms with Gasteiger partial charge in [-0.25, -0.2) is 13.4 Å². The van der Waals surface area contributed by atoms with E-state index in [0.29, 0.717) is 44.4 Å². The van der Waals surface area contributed by atoms with Gasteiger partial charge in [0, 0.05) is 37.8 Å². The van der Waals surface area contributed by atoms with Crippen LogP contribution in [-0.2, 0) is 21.4 Å². The number of carbonyl (C=O) groups excluding carboxylic acids is 1. The minimum absolute atomic E-state index is 0.0194. The maximum absolute atomic E-state index is 13.4. The highest BCUT2D eigenvalue weighted by Gasteiger charge is 2.39. The van der Waals surface area contributed by atoms with Gasteiger partial charge in [0.1, 0.15) is 10.0 Å². The van der Waals surface area contributed by atoms with Gasteiger partial charge in [0.2, 0.25) is 15.9 Å². The van der Waals surface area contributed by atoms with Crippen molar-refractivity contribution in [3.8, 4) is 0 Å². The van der Waals surface area contributed by atoms with Crippen molar-refractivity contribution in [2.45, 2.75) is 62.9 Å². The summed E-state index contributed by atoms with van der Waals surface area (Å²) in [5.41, 5.74) is 2.43. The molecule has 2 heterocycles. The smallest absolute Gasteiger partial charge is 0.246 e. The Bertz CT molecular complexity index is 1060. The van der Waals surface area contributed by atoms with Crippen LogP contribution in [0.15, 0.2) is 47.5 Å². The van der Waals surface area contributed by atoms with E-state index in [1.165, 1.54) is 22.1 Å². The minimum Gasteiger partial charge on any atom is -0.335 e. The number of piperidine rings is 1. The fourth-order valence-corrected chi connectivity index (χ4v) is 6.16. The second-order valence-corrected chi connectivity index (χ2v) is 11.3. The highest BCUT2D eigenvalue weighted by atomic mass is 35.5. The summed E-state index contributed by atoms with van der Waals surface area (Å²) in [7, 11) is -3.71. The predicted octanol–water partition coefficient (Wildman–Crippen LogP) is 4.45. The molecule has 1 saturated heterocycles. The van der Waals surface area contributed by atoms with Crippen LogP contribution in [0.3, 0.4) is 0 Å². The van der Waals surface area contributed by atoms with Gasteiger partial charge < -0.3 is 4.90 Å². The van der Waals surface area contributed by atoms with Gasteiger partial charge in [0.25, 0.3) is 0 Å². The number of amides is 1. The van der Waals surface area contributed by atoms with Crippen LogP contribution in [-0.4, -0.2) is 47.6 Å². The molecule has 0 spiro atoms. The molecular weight excluding hydrogens is 446 g/mol. The van der Waals surface area contributed by atoms with Gasteiger partial charge >= 0.3 is 0 Å². The average Bonchev–Trinajstić information content (AvgIpc) is 3.63. The molecule has 0 bridgehead atoms. The zero-order valence-corrected chi connectivity index (χ0v) is 20.1. The molecule has 1 aliphatic heterocycles. The molecule has 0 atom stereocenters. The average molecular weight is 476 g/mol. The van der Waals surface area contributed by atoms with Crippen molar-refractivity contribution in [2.75, 3.05) is 13.1 Å². The van der Waals surface area contributed by atoms with E-state index in [1.54, 1.807) is 6.07 Å². The maximum Gasteiger partial charge on any atom is 0.246 e. The Labute approximate surface area is 195 Å². The number of hydrogen-bond acceptors (Lipinski definition) is 4. The van der Waals surface area contributed by atoms with Crippen molar-refractivity contribution in [1.29, 1.82) is 0 Å². The SMILES string of the molecule is CC(C)c1ccc(CN(C(=O)C2CCN(S(=O)(=O)c3cccnc3Cl)CC2)C2CC2)cc1. The molecule has 1 aromatic heterocycles. The molecular formula is C24H30ClN3O3S. The van der Waals surface area contributed by atoms with Gasteiger partial charge in [-0.15, -0.1) is 0 Å². The normalized spacial score (nSPS) is 18.1. The number of rotatable bonds is 7. The second-order valence-electron chi connectivity index (χ2n) is 9.06. The Kier molecular flexibility index (Phi) is 6.89. The molecule has 2 aliphatic rings. The molecule has 1 aliphatic carbocycles. The van der Waals surface area contributed by atoms with Crippen molar-refractivity contribution < 1.29 is 13.2 Å². The number of nitrogens with zero attached hydrogens (tertiary/aromatic N) is 3. The van der Waals surface area contributed by atoms with Crippen molar-refractivity contribution >= 4 is 27.5 Å². The number of aromatic nitrogens is 1. The molecule has 6 nitrogen and oxygen atoms in total. The lowest BCUT2D eigenvalue weighted by Gasteiger charge is -2.34. The van der Waals surface area contributed by atoms with Crippen LogP contribution in [0.2, 0.25) is 5.15 Å². The first-order valence-electron chi connectivity index (χ1n) is 11.3. The van der Waals surface area contributed by atoms with E-state index in [2.05, 4.69) is 43.1 Å². The van der Waals surface area contributed by atoms with Gasteiger partial charge in [-0.3, -0.25) is 4.79 Å². The lowest BCUT2D eigenvalue weighted by Crippen LogP contribution is -2.44. The maximum atomic E-state index is 13.4. The molecule has 32 heavy (non-hydrogen) atoms. The van der Waals surface area contributed by atoms with Crippen LogP contribution in [0.4, 0.5) is 0 Å². The molecule has 1 aromatic carbocycles. The summed E-state index contributed by atoms with van der Waals surface area (Å²) in [6, 6.07) is 11.9. The highest BCUT2D eigenvalue weighted by Crippen LogP contribution is 2.33. The molecule has 0 unspecified atom stereocenters. The molecule has 1 amide bonds. The molecule has 8 heteroatoms. The molecule has 2 aromatic rings. The Hall–Kier alpha value is -1.96. The summed E-state index contributed by atoms with van der Waals surface area (Å²) in [5, 5.41) is -0.0194. The third-order valence-electron chi connectivity index (χ3n) is 6.42. The van der Waals surface area contributed by atoms with Crippen LogP contribution in [0, 0.1) is 5.92 Å². The standard InChI is InChI=1S/C24H30ClN3O3S/c1-17(2)19-7-5-18(6-8-19)16-28(21-9-10-21)24(29)20-11-14-27(15-12-20)32(30,31)22-4-3-13-26-23(22)25/h3-8,13,17,20-21H,9-12,14-16H2,1-2H3. The molecule has 0 radical (unpaired) electrons. The quantitative estimate of drug-likeness (QED) is 0.554. The largest absolute Gasteiger partial charge is 0.335 e. The predicted molar refractivity (Wildman–Crippen MR) is 125 cm³/mol. The summed E-state index contributed by atoms with van der Waals surface area (Å²) in [4.78, 5) is 19.3. The first kappa shape index (κ1) is 23.2. The van der Waals surface area contributed by atoms with E-state index in [0.717, 1.165) is 18.4 Å². The van der Waals surface area contributed by atoms with Gasteiger partial charge in [-0.2, -0.15) is 4.31 Å².